The third-order valence-corrected chi connectivity index (χ3v) is 3.97. The Morgan fingerprint density at radius 3 is 2.41 bits per heavy atom. The van der Waals surface area contributed by atoms with Gasteiger partial charge in [0.25, 0.3) is 5.91 Å². The fourth-order valence-corrected chi connectivity index (χ4v) is 2.47. The molecule has 4 nitrogen and oxygen atoms in total. The van der Waals surface area contributed by atoms with Gasteiger partial charge in [-0.2, -0.15) is 0 Å². The number of halogens is 3. The molecule has 1 N–H and O–H groups in total. The first-order chi connectivity index (χ1) is 12.8. The molecule has 0 aromatic heterocycles. The number of methoxy groups -OCH3 is 1. The summed E-state index contributed by atoms with van der Waals surface area (Å²) >= 11 is 0. The number of alkyl halides is 3. The number of rotatable bonds is 6. The van der Waals surface area contributed by atoms with Crippen molar-refractivity contribution in [2.75, 3.05) is 7.11 Å². The Bertz CT molecular complexity index is 841. The minimum atomic E-state index is -4.72. The fraction of sp³-hybridized carbons (Fsp3) is 0.250. The zero-order chi connectivity index (χ0) is 19.4. The monoisotopic (exact) mass is 377 g/mol. The van der Waals surface area contributed by atoms with Gasteiger partial charge in [0, 0.05) is 17.2 Å². The summed E-state index contributed by atoms with van der Waals surface area (Å²) in [4.78, 5) is 12.2. The minimum Gasteiger partial charge on any atom is -0.496 e. The lowest BCUT2D eigenvalue weighted by molar-refractivity contribution is -0.274. The molecule has 27 heavy (non-hydrogen) atoms. The van der Waals surface area contributed by atoms with Crippen molar-refractivity contribution in [1.29, 1.82) is 0 Å². The van der Waals surface area contributed by atoms with E-state index in [9.17, 15) is 18.0 Å². The van der Waals surface area contributed by atoms with E-state index in [4.69, 9.17) is 4.74 Å². The number of hydrogen-bond acceptors (Lipinski definition) is 3. The van der Waals surface area contributed by atoms with E-state index in [-0.39, 0.29) is 17.7 Å². The van der Waals surface area contributed by atoms with E-state index < -0.39 is 6.36 Å². The number of nitrogens with one attached hydrogen (secondary N) is 1. The Labute approximate surface area is 154 Å². The van der Waals surface area contributed by atoms with Gasteiger partial charge in [0.2, 0.25) is 0 Å². The summed E-state index contributed by atoms with van der Waals surface area (Å²) in [5.74, 6) is 0.172. The van der Waals surface area contributed by atoms with Crippen molar-refractivity contribution >= 4 is 18.1 Å². The smallest absolute Gasteiger partial charge is 0.496 e. The SMILES string of the molecule is COc1ccc(C(=O)NC2CC2)cc1C=Cc1ccc(OC(F)(F)F)cc1. The van der Waals surface area contributed by atoms with E-state index in [1.54, 1.807) is 30.4 Å². The molecular formula is C20H18F3NO3. The molecule has 0 spiro atoms. The molecule has 0 bridgehead atoms. The van der Waals surface area contributed by atoms with Gasteiger partial charge in [-0.3, -0.25) is 4.79 Å². The molecule has 142 valence electrons. The first-order valence-corrected chi connectivity index (χ1v) is 8.37. The van der Waals surface area contributed by atoms with E-state index in [0.29, 0.717) is 22.4 Å². The van der Waals surface area contributed by atoms with Crippen LogP contribution < -0.4 is 14.8 Å². The van der Waals surface area contributed by atoms with Crippen LogP contribution in [0.2, 0.25) is 0 Å². The number of ether oxygens (including phenoxy) is 2. The number of amides is 1. The molecule has 0 aliphatic heterocycles. The summed E-state index contributed by atoms with van der Waals surface area (Å²) in [6, 6.07) is 10.9. The van der Waals surface area contributed by atoms with E-state index in [1.165, 1.54) is 31.4 Å². The number of hydrogen-bond donors (Lipinski definition) is 1. The molecular weight excluding hydrogens is 359 g/mol. The lowest BCUT2D eigenvalue weighted by Crippen LogP contribution is -2.25. The first kappa shape index (κ1) is 18.8. The quantitative estimate of drug-likeness (QED) is 0.745. The minimum absolute atomic E-state index is 0.136. The maximum absolute atomic E-state index is 12.2. The van der Waals surface area contributed by atoms with Gasteiger partial charge in [-0.15, -0.1) is 13.2 Å². The van der Waals surface area contributed by atoms with Crippen LogP contribution in [0.3, 0.4) is 0 Å². The summed E-state index contributed by atoms with van der Waals surface area (Å²) in [6.07, 6.45) is 0.752. The van der Waals surface area contributed by atoms with Crippen LogP contribution in [-0.2, 0) is 0 Å². The van der Waals surface area contributed by atoms with Crippen LogP contribution in [0.25, 0.3) is 12.2 Å². The number of carbonyl (C=O) groups excluding carboxylic acids is 1. The second-order valence-electron chi connectivity index (χ2n) is 6.15. The Morgan fingerprint density at radius 1 is 1.11 bits per heavy atom. The molecule has 0 radical (unpaired) electrons. The Balaban J connectivity index is 1.75. The lowest BCUT2D eigenvalue weighted by Gasteiger charge is -2.09. The van der Waals surface area contributed by atoms with E-state index >= 15 is 0 Å². The van der Waals surface area contributed by atoms with Crippen LogP contribution in [0, 0.1) is 0 Å². The largest absolute Gasteiger partial charge is 0.573 e. The van der Waals surface area contributed by atoms with Crippen molar-refractivity contribution in [1.82, 2.24) is 5.32 Å². The maximum Gasteiger partial charge on any atom is 0.573 e. The number of carbonyl (C=O) groups is 1. The molecule has 2 aromatic carbocycles. The van der Waals surface area contributed by atoms with Crippen LogP contribution >= 0.6 is 0 Å². The van der Waals surface area contributed by atoms with Gasteiger partial charge in [0.15, 0.2) is 0 Å². The predicted octanol–water partition coefficient (Wildman–Crippen LogP) is 4.66. The fourth-order valence-electron chi connectivity index (χ4n) is 2.47. The highest BCUT2D eigenvalue weighted by Gasteiger charge is 2.30. The summed E-state index contributed by atoms with van der Waals surface area (Å²) < 4.78 is 45.7. The van der Waals surface area contributed by atoms with Crippen molar-refractivity contribution in [2.45, 2.75) is 25.2 Å². The van der Waals surface area contributed by atoms with Crippen molar-refractivity contribution in [3.8, 4) is 11.5 Å². The van der Waals surface area contributed by atoms with Crippen LogP contribution in [0.15, 0.2) is 42.5 Å². The standard InChI is InChI=1S/C20H18F3NO3/c1-26-18-11-6-15(19(25)24-16-7-8-16)12-14(18)5-2-13-3-9-17(10-4-13)27-20(21,22)23/h2-6,9-12,16H,7-8H2,1H3,(H,24,25). The topological polar surface area (TPSA) is 47.6 Å². The molecule has 1 saturated carbocycles. The normalized spacial score (nSPS) is 14.2. The molecule has 3 rings (SSSR count). The molecule has 2 aromatic rings. The second kappa shape index (κ2) is 7.73. The van der Waals surface area contributed by atoms with Crippen LogP contribution in [0.1, 0.15) is 34.3 Å². The summed E-state index contributed by atoms with van der Waals surface area (Å²) in [6.45, 7) is 0. The Morgan fingerprint density at radius 2 is 1.81 bits per heavy atom. The molecule has 1 aliphatic carbocycles. The average molecular weight is 377 g/mol. The summed E-state index contributed by atoms with van der Waals surface area (Å²) in [5.41, 5.74) is 1.90. The second-order valence-corrected chi connectivity index (χ2v) is 6.15. The van der Waals surface area contributed by atoms with E-state index in [2.05, 4.69) is 10.1 Å². The van der Waals surface area contributed by atoms with Crippen molar-refractivity contribution in [2.24, 2.45) is 0 Å². The van der Waals surface area contributed by atoms with Gasteiger partial charge in [-0.1, -0.05) is 24.3 Å². The van der Waals surface area contributed by atoms with E-state index in [1.807, 2.05) is 0 Å². The van der Waals surface area contributed by atoms with Crippen LogP contribution in [0.5, 0.6) is 11.5 Å². The molecule has 0 saturated heterocycles. The lowest BCUT2D eigenvalue weighted by atomic mass is 10.1. The zero-order valence-electron chi connectivity index (χ0n) is 14.5. The highest BCUT2D eigenvalue weighted by Crippen LogP contribution is 2.26. The van der Waals surface area contributed by atoms with Gasteiger partial charge >= 0.3 is 6.36 Å². The first-order valence-electron chi connectivity index (χ1n) is 8.37. The molecule has 7 heteroatoms. The molecule has 0 atom stereocenters. The maximum atomic E-state index is 12.2. The van der Waals surface area contributed by atoms with Crippen LogP contribution in [0.4, 0.5) is 13.2 Å². The van der Waals surface area contributed by atoms with Gasteiger partial charge in [0.05, 0.1) is 7.11 Å². The summed E-state index contributed by atoms with van der Waals surface area (Å²) in [5, 5.41) is 2.92. The Hall–Kier alpha value is -2.96. The molecule has 1 fully saturated rings. The van der Waals surface area contributed by atoms with E-state index in [0.717, 1.165) is 12.8 Å². The number of benzene rings is 2. The average Bonchev–Trinajstić information content (AvgIpc) is 3.43. The van der Waals surface area contributed by atoms with Gasteiger partial charge < -0.3 is 14.8 Å². The van der Waals surface area contributed by atoms with Gasteiger partial charge in [0.1, 0.15) is 11.5 Å². The van der Waals surface area contributed by atoms with Crippen molar-refractivity contribution < 1.29 is 27.4 Å². The van der Waals surface area contributed by atoms with Crippen LogP contribution in [-0.4, -0.2) is 25.4 Å². The highest BCUT2D eigenvalue weighted by molar-refractivity contribution is 5.95. The van der Waals surface area contributed by atoms with Gasteiger partial charge in [-0.05, 0) is 48.7 Å². The molecule has 0 unspecified atom stereocenters. The third-order valence-electron chi connectivity index (χ3n) is 3.97. The predicted molar refractivity (Wildman–Crippen MR) is 95.5 cm³/mol. The summed E-state index contributed by atoms with van der Waals surface area (Å²) in [7, 11) is 1.53. The van der Waals surface area contributed by atoms with Crippen molar-refractivity contribution in [3.63, 3.8) is 0 Å². The van der Waals surface area contributed by atoms with Gasteiger partial charge in [-0.25, -0.2) is 0 Å². The molecule has 1 amide bonds. The zero-order valence-corrected chi connectivity index (χ0v) is 14.5. The van der Waals surface area contributed by atoms with Crippen molar-refractivity contribution in [3.05, 3.63) is 59.2 Å². The third kappa shape index (κ3) is 5.51. The highest BCUT2D eigenvalue weighted by atomic mass is 19.4. The molecule has 1 aliphatic rings. The Kier molecular flexibility index (Phi) is 5.39. The molecule has 0 heterocycles.